The molecule has 0 spiro atoms. The van der Waals surface area contributed by atoms with Gasteiger partial charge in [0, 0.05) is 45.6 Å². The summed E-state index contributed by atoms with van der Waals surface area (Å²) in [5.41, 5.74) is 14.2. The minimum absolute atomic E-state index is 0.157. The van der Waals surface area contributed by atoms with Crippen LogP contribution in [0, 0.1) is 0 Å². The Morgan fingerprint density at radius 1 is 0.492 bits per heavy atom. The standard InChI is InChI=1S/C56H50N4O/c1-55(2,3)42-35-48(53(61)49(36-42)56(4,5)6)54-58-52-47(28-19-29-51(52)60(54)45-26-17-10-18-27-45)40-32-39(38-20-11-7-12-21-38)33-41(34-40)50-37-46(30-31-57-50)59(43-22-13-8-14-23-43)44-24-15-9-16-25-44/h7-37,61H,1-6H3. The predicted molar refractivity (Wildman–Crippen MR) is 254 cm³/mol. The second-order valence-electron chi connectivity index (χ2n) is 17.8. The molecular formula is C56H50N4O. The van der Waals surface area contributed by atoms with Gasteiger partial charge < -0.3 is 10.0 Å². The van der Waals surface area contributed by atoms with Gasteiger partial charge in [0.05, 0.1) is 22.3 Å². The number of rotatable bonds is 8. The zero-order valence-electron chi connectivity index (χ0n) is 35.6. The first kappa shape index (κ1) is 39.2. The van der Waals surface area contributed by atoms with Gasteiger partial charge in [-0.05, 0) is 112 Å². The zero-order chi connectivity index (χ0) is 42.3. The number of pyridine rings is 1. The molecule has 9 aromatic rings. The van der Waals surface area contributed by atoms with Gasteiger partial charge in [0.1, 0.15) is 11.6 Å². The van der Waals surface area contributed by atoms with Gasteiger partial charge in [-0.2, -0.15) is 0 Å². The van der Waals surface area contributed by atoms with Crippen LogP contribution in [-0.4, -0.2) is 19.6 Å². The van der Waals surface area contributed by atoms with E-state index >= 15 is 0 Å². The third kappa shape index (κ3) is 7.71. The number of fused-ring (bicyclic) bond motifs is 1. The Morgan fingerprint density at radius 2 is 1.08 bits per heavy atom. The fourth-order valence-corrected chi connectivity index (χ4v) is 8.21. The highest BCUT2D eigenvalue weighted by molar-refractivity contribution is 5.98. The lowest BCUT2D eigenvalue weighted by atomic mass is 9.79. The number of aromatic hydroxyl groups is 1. The first-order valence-electron chi connectivity index (χ1n) is 21.0. The molecule has 0 saturated carbocycles. The van der Waals surface area contributed by atoms with Crippen LogP contribution < -0.4 is 4.90 Å². The van der Waals surface area contributed by atoms with E-state index in [4.69, 9.17) is 9.97 Å². The molecule has 0 unspecified atom stereocenters. The van der Waals surface area contributed by atoms with Crippen LogP contribution in [0.1, 0.15) is 52.7 Å². The summed E-state index contributed by atoms with van der Waals surface area (Å²) < 4.78 is 2.20. The summed E-state index contributed by atoms with van der Waals surface area (Å²) in [7, 11) is 0. The molecule has 0 aliphatic heterocycles. The first-order chi connectivity index (χ1) is 29.4. The number of phenols is 1. The van der Waals surface area contributed by atoms with Crippen LogP contribution >= 0.6 is 0 Å². The van der Waals surface area contributed by atoms with E-state index in [1.807, 2.05) is 36.5 Å². The van der Waals surface area contributed by atoms with Crippen molar-refractivity contribution in [3.05, 3.63) is 199 Å². The number of imidazole rings is 1. The molecule has 0 aliphatic carbocycles. The summed E-state index contributed by atoms with van der Waals surface area (Å²) in [6.07, 6.45) is 1.90. The molecule has 0 fully saturated rings. The number of nitrogens with zero attached hydrogens (tertiary/aromatic N) is 4. The maximum Gasteiger partial charge on any atom is 0.149 e. The summed E-state index contributed by atoms with van der Waals surface area (Å²) in [5.74, 6) is 0.951. The fraction of sp³-hybridized carbons (Fsp3) is 0.143. The van der Waals surface area contributed by atoms with Crippen LogP contribution in [0.15, 0.2) is 188 Å². The van der Waals surface area contributed by atoms with Gasteiger partial charge in [-0.15, -0.1) is 0 Å². The molecule has 5 heteroatoms. The molecule has 300 valence electrons. The third-order valence-corrected chi connectivity index (χ3v) is 11.4. The van der Waals surface area contributed by atoms with Crippen molar-refractivity contribution in [3.8, 4) is 56.3 Å². The highest BCUT2D eigenvalue weighted by Crippen LogP contribution is 2.45. The number of phenolic OH excluding ortho intramolecular Hbond substituents is 1. The molecule has 9 rings (SSSR count). The van der Waals surface area contributed by atoms with Crippen molar-refractivity contribution in [2.75, 3.05) is 4.90 Å². The van der Waals surface area contributed by atoms with Gasteiger partial charge in [0.25, 0.3) is 0 Å². The van der Waals surface area contributed by atoms with Gasteiger partial charge in [-0.25, -0.2) is 4.98 Å². The molecule has 0 bridgehead atoms. The monoisotopic (exact) mass is 794 g/mol. The van der Waals surface area contributed by atoms with E-state index in [1.165, 1.54) is 0 Å². The molecule has 7 aromatic carbocycles. The highest BCUT2D eigenvalue weighted by atomic mass is 16.3. The van der Waals surface area contributed by atoms with Gasteiger partial charge in [-0.3, -0.25) is 9.55 Å². The van der Waals surface area contributed by atoms with Crippen molar-refractivity contribution in [1.29, 1.82) is 0 Å². The van der Waals surface area contributed by atoms with Crippen molar-refractivity contribution in [2.24, 2.45) is 0 Å². The predicted octanol–water partition coefficient (Wildman–Crippen LogP) is 14.9. The Labute approximate surface area is 359 Å². The van der Waals surface area contributed by atoms with E-state index in [1.54, 1.807) is 0 Å². The van der Waals surface area contributed by atoms with Crippen LogP contribution in [0.25, 0.3) is 61.6 Å². The average Bonchev–Trinajstić information content (AvgIpc) is 3.67. The highest BCUT2D eigenvalue weighted by Gasteiger charge is 2.29. The van der Waals surface area contributed by atoms with E-state index in [9.17, 15) is 5.11 Å². The molecule has 5 nitrogen and oxygen atoms in total. The summed E-state index contributed by atoms with van der Waals surface area (Å²) in [5, 5.41) is 12.2. The van der Waals surface area contributed by atoms with Crippen molar-refractivity contribution in [2.45, 2.75) is 52.4 Å². The van der Waals surface area contributed by atoms with Crippen molar-refractivity contribution >= 4 is 28.1 Å². The molecule has 2 aromatic heterocycles. The Bertz CT molecular complexity index is 2940. The van der Waals surface area contributed by atoms with Crippen molar-refractivity contribution in [3.63, 3.8) is 0 Å². The first-order valence-corrected chi connectivity index (χ1v) is 21.0. The molecule has 0 aliphatic rings. The minimum Gasteiger partial charge on any atom is -0.507 e. The molecule has 61 heavy (non-hydrogen) atoms. The average molecular weight is 795 g/mol. The van der Waals surface area contributed by atoms with E-state index in [-0.39, 0.29) is 16.6 Å². The lowest BCUT2D eigenvalue weighted by Crippen LogP contribution is -2.17. The lowest BCUT2D eigenvalue weighted by Gasteiger charge is -2.27. The quantitative estimate of drug-likeness (QED) is 0.166. The Kier molecular flexibility index (Phi) is 10.1. The molecule has 0 radical (unpaired) electrons. The molecule has 0 saturated heterocycles. The van der Waals surface area contributed by atoms with E-state index in [2.05, 4.69) is 203 Å². The largest absolute Gasteiger partial charge is 0.507 e. The smallest absolute Gasteiger partial charge is 0.149 e. The normalized spacial score (nSPS) is 11.8. The minimum atomic E-state index is -0.298. The second-order valence-corrected chi connectivity index (χ2v) is 17.8. The van der Waals surface area contributed by atoms with E-state index < -0.39 is 0 Å². The summed E-state index contributed by atoms with van der Waals surface area (Å²) >= 11 is 0. The van der Waals surface area contributed by atoms with Crippen molar-refractivity contribution in [1.82, 2.24) is 14.5 Å². The van der Waals surface area contributed by atoms with Crippen LogP contribution in [0.3, 0.4) is 0 Å². The second kappa shape index (κ2) is 15.7. The van der Waals surface area contributed by atoms with Gasteiger partial charge >= 0.3 is 0 Å². The molecular weight excluding hydrogens is 745 g/mol. The maximum absolute atomic E-state index is 12.2. The Morgan fingerprint density at radius 3 is 1.70 bits per heavy atom. The summed E-state index contributed by atoms with van der Waals surface area (Å²) in [4.78, 5) is 12.8. The SMILES string of the molecule is CC(C)(C)c1cc(-c2nc3c(-c4cc(-c5ccccc5)cc(-c5cc(N(c6ccccc6)c6ccccc6)ccn5)c4)cccc3n2-c2ccccc2)c(O)c(C(C)(C)C)c1. The Hall–Kier alpha value is -7.24. The molecule has 0 atom stereocenters. The lowest BCUT2D eigenvalue weighted by molar-refractivity contribution is 0.446. The number of hydrogen-bond acceptors (Lipinski definition) is 4. The van der Waals surface area contributed by atoms with Crippen LogP contribution in [0.2, 0.25) is 0 Å². The zero-order valence-corrected chi connectivity index (χ0v) is 35.6. The van der Waals surface area contributed by atoms with Crippen molar-refractivity contribution < 1.29 is 5.11 Å². The maximum atomic E-state index is 12.2. The van der Waals surface area contributed by atoms with Crippen LogP contribution in [0.4, 0.5) is 17.1 Å². The van der Waals surface area contributed by atoms with E-state index in [0.29, 0.717) is 11.4 Å². The third-order valence-electron chi connectivity index (χ3n) is 11.4. The van der Waals surface area contributed by atoms with Crippen LogP contribution in [-0.2, 0) is 10.8 Å². The van der Waals surface area contributed by atoms with E-state index in [0.717, 1.165) is 78.4 Å². The fourth-order valence-electron chi connectivity index (χ4n) is 8.21. The molecule has 2 heterocycles. The van der Waals surface area contributed by atoms with Gasteiger partial charge in [0.2, 0.25) is 0 Å². The summed E-state index contributed by atoms with van der Waals surface area (Å²) in [6, 6.07) is 63.4. The molecule has 1 N–H and O–H groups in total. The number of para-hydroxylation sites is 4. The molecule has 0 amide bonds. The van der Waals surface area contributed by atoms with Gasteiger partial charge in [0.15, 0.2) is 0 Å². The number of aromatic nitrogens is 3. The van der Waals surface area contributed by atoms with Gasteiger partial charge in [-0.1, -0.05) is 145 Å². The number of hydrogen-bond donors (Lipinski definition) is 1. The topological polar surface area (TPSA) is 54.2 Å². The van der Waals surface area contributed by atoms with Crippen LogP contribution in [0.5, 0.6) is 5.75 Å². The summed E-state index contributed by atoms with van der Waals surface area (Å²) in [6.45, 7) is 13.1. The number of anilines is 3. The number of benzene rings is 7. The Balaban J connectivity index is 1.28.